The molecule has 0 unspecified atom stereocenters. The maximum atomic E-state index is 12.2. The number of nitrogens with zero attached hydrogens (tertiary/aromatic N) is 1. The van der Waals surface area contributed by atoms with Gasteiger partial charge in [0.15, 0.2) is 4.77 Å². The first-order valence-corrected chi connectivity index (χ1v) is 11.5. The van der Waals surface area contributed by atoms with Crippen molar-refractivity contribution in [2.45, 2.75) is 104 Å². The number of unbranched alkanes of at least 4 members (excludes halogenated alkanes) is 11. The number of hydrogen-bond donors (Lipinski definition) is 1. The van der Waals surface area contributed by atoms with E-state index in [1.54, 1.807) is 6.92 Å². The summed E-state index contributed by atoms with van der Waals surface area (Å²) in [6.07, 6.45) is 20.9. The third-order valence-corrected chi connectivity index (χ3v) is 5.25. The second kappa shape index (κ2) is 15.4. The van der Waals surface area contributed by atoms with Crippen LogP contribution in [0.15, 0.2) is 23.0 Å². The number of hydrogen-bond acceptors (Lipinski definition) is 3. The second-order valence-electron chi connectivity index (χ2n) is 7.66. The van der Waals surface area contributed by atoms with E-state index in [9.17, 15) is 9.59 Å². The molecule has 1 aromatic rings. The molecule has 28 heavy (non-hydrogen) atoms. The Morgan fingerprint density at radius 2 is 1.50 bits per heavy atom. The molecule has 1 heterocycles. The number of nitrogens with one attached hydrogen (secondary N) is 1. The minimum atomic E-state index is -0.334. The van der Waals surface area contributed by atoms with Gasteiger partial charge in [0.2, 0.25) is 5.91 Å². The third kappa shape index (κ3) is 10.7. The summed E-state index contributed by atoms with van der Waals surface area (Å²) in [5, 5.41) is 0. The van der Waals surface area contributed by atoms with Gasteiger partial charge in [0.05, 0.1) is 0 Å². The first-order chi connectivity index (χ1) is 13.6. The number of aromatic nitrogens is 2. The summed E-state index contributed by atoms with van der Waals surface area (Å²) in [5.74, 6) is -0.205. The molecule has 0 bridgehead atoms. The lowest BCUT2D eigenvalue weighted by molar-refractivity contribution is 0.0891. The highest BCUT2D eigenvalue weighted by atomic mass is 32.1. The Labute approximate surface area is 175 Å². The van der Waals surface area contributed by atoms with Crippen LogP contribution < -0.4 is 5.56 Å². The number of H-pyrrole nitrogens is 1. The molecule has 1 aromatic heterocycles. The Kier molecular flexibility index (Phi) is 13.5. The van der Waals surface area contributed by atoms with Gasteiger partial charge in [-0.05, 0) is 51.2 Å². The lowest BCUT2D eigenvalue weighted by Gasteiger charge is -2.05. The van der Waals surface area contributed by atoms with Gasteiger partial charge in [0.25, 0.3) is 5.56 Å². The van der Waals surface area contributed by atoms with E-state index in [1.165, 1.54) is 63.9 Å². The number of allylic oxidation sites excluding steroid dienone is 2. The standard InChI is InChI=1S/C23H38N2O2S/c1-3-4-5-6-7-8-9-10-11-12-13-14-15-16-17-18-21(26)25-22(27)19-20(2)24-23(25)28/h10-11,19H,3-9,12-18H2,1-2H3,(H,24,28). The van der Waals surface area contributed by atoms with Crippen molar-refractivity contribution in [3.8, 4) is 0 Å². The fourth-order valence-corrected chi connectivity index (χ4v) is 3.66. The maximum absolute atomic E-state index is 12.2. The molecule has 0 amide bonds. The zero-order valence-corrected chi connectivity index (χ0v) is 18.6. The van der Waals surface area contributed by atoms with E-state index in [1.807, 2.05) is 0 Å². The molecule has 5 heteroatoms. The predicted octanol–water partition coefficient (Wildman–Crippen LogP) is 6.89. The molecule has 0 aromatic carbocycles. The van der Waals surface area contributed by atoms with Crippen molar-refractivity contribution in [2.75, 3.05) is 0 Å². The Hall–Kier alpha value is -1.49. The van der Waals surface area contributed by atoms with Gasteiger partial charge in [-0.1, -0.05) is 70.4 Å². The van der Waals surface area contributed by atoms with Gasteiger partial charge >= 0.3 is 0 Å². The number of aromatic amines is 1. The average molecular weight is 407 g/mol. The van der Waals surface area contributed by atoms with Crippen molar-refractivity contribution in [2.24, 2.45) is 0 Å². The van der Waals surface area contributed by atoms with Crippen LogP contribution in [0, 0.1) is 11.7 Å². The van der Waals surface area contributed by atoms with Crippen molar-refractivity contribution in [3.05, 3.63) is 39.0 Å². The summed E-state index contributed by atoms with van der Waals surface area (Å²) in [6.45, 7) is 4.02. The van der Waals surface area contributed by atoms with Crippen LogP contribution in [-0.4, -0.2) is 15.5 Å². The molecule has 1 rings (SSSR count). The SMILES string of the molecule is CCCCCCCCC=CCCCCCCCC(=O)n1c(=O)cc(C)[nH]c1=S. The monoisotopic (exact) mass is 406 g/mol. The van der Waals surface area contributed by atoms with Crippen molar-refractivity contribution in [1.82, 2.24) is 9.55 Å². The third-order valence-electron chi connectivity index (χ3n) is 4.97. The number of rotatable bonds is 15. The van der Waals surface area contributed by atoms with Gasteiger partial charge in [0.1, 0.15) is 0 Å². The van der Waals surface area contributed by atoms with Crippen molar-refractivity contribution in [1.29, 1.82) is 0 Å². The van der Waals surface area contributed by atoms with Crippen molar-refractivity contribution >= 4 is 18.1 Å². The van der Waals surface area contributed by atoms with Gasteiger partial charge in [-0.25, -0.2) is 4.57 Å². The van der Waals surface area contributed by atoms with Crippen LogP contribution in [0.4, 0.5) is 0 Å². The van der Waals surface area contributed by atoms with E-state index >= 15 is 0 Å². The van der Waals surface area contributed by atoms with Crippen LogP contribution in [0.5, 0.6) is 0 Å². The van der Waals surface area contributed by atoms with Crippen LogP contribution in [0.1, 0.15) is 107 Å². The van der Waals surface area contributed by atoms with E-state index < -0.39 is 0 Å². The van der Waals surface area contributed by atoms with Crippen molar-refractivity contribution in [3.63, 3.8) is 0 Å². The molecule has 1 N–H and O–H groups in total. The van der Waals surface area contributed by atoms with Gasteiger partial charge in [0, 0.05) is 18.2 Å². The van der Waals surface area contributed by atoms with Gasteiger partial charge in [-0.15, -0.1) is 0 Å². The topological polar surface area (TPSA) is 54.9 Å². The minimum Gasteiger partial charge on any atom is -0.336 e. The summed E-state index contributed by atoms with van der Waals surface area (Å²) in [6, 6.07) is 1.41. The molecule has 0 aliphatic rings. The molecule has 158 valence electrons. The molecule has 0 atom stereocenters. The average Bonchev–Trinajstić information content (AvgIpc) is 2.64. The number of carbonyl (C=O) groups is 1. The van der Waals surface area contributed by atoms with E-state index in [-0.39, 0.29) is 16.2 Å². The summed E-state index contributed by atoms with van der Waals surface area (Å²) in [4.78, 5) is 27.0. The fourth-order valence-electron chi connectivity index (χ4n) is 3.31. The zero-order valence-electron chi connectivity index (χ0n) is 17.8. The molecule has 0 fully saturated rings. The van der Waals surface area contributed by atoms with E-state index in [2.05, 4.69) is 24.1 Å². The Balaban J connectivity index is 2.02. The first-order valence-electron chi connectivity index (χ1n) is 11.1. The van der Waals surface area contributed by atoms with Crippen LogP contribution in [0.2, 0.25) is 0 Å². The summed E-state index contributed by atoms with van der Waals surface area (Å²) >= 11 is 5.09. The zero-order chi connectivity index (χ0) is 20.6. The van der Waals surface area contributed by atoms with Crippen LogP contribution in [0.3, 0.4) is 0 Å². The molecule has 4 nitrogen and oxygen atoms in total. The van der Waals surface area contributed by atoms with Crippen molar-refractivity contribution < 1.29 is 4.79 Å². The molecular weight excluding hydrogens is 368 g/mol. The molecule has 0 saturated heterocycles. The number of aryl methyl sites for hydroxylation is 1. The van der Waals surface area contributed by atoms with Gasteiger partial charge in [-0.3, -0.25) is 9.59 Å². The smallest absolute Gasteiger partial charge is 0.261 e. The van der Waals surface area contributed by atoms with Crippen LogP contribution in [0.25, 0.3) is 0 Å². The van der Waals surface area contributed by atoms with Gasteiger partial charge < -0.3 is 4.98 Å². The van der Waals surface area contributed by atoms with E-state index in [4.69, 9.17) is 12.2 Å². The van der Waals surface area contributed by atoms with E-state index in [0.717, 1.165) is 30.3 Å². The second-order valence-corrected chi connectivity index (χ2v) is 8.05. The summed E-state index contributed by atoms with van der Waals surface area (Å²) < 4.78 is 1.28. The molecule has 0 spiro atoms. The highest BCUT2D eigenvalue weighted by Crippen LogP contribution is 2.10. The first kappa shape index (κ1) is 24.5. The normalized spacial score (nSPS) is 11.4. The molecule has 0 aliphatic carbocycles. The summed E-state index contributed by atoms with van der Waals surface area (Å²) in [5.41, 5.74) is 0.346. The van der Waals surface area contributed by atoms with Gasteiger partial charge in [-0.2, -0.15) is 0 Å². The maximum Gasteiger partial charge on any atom is 0.261 e. The largest absolute Gasteiger partial charge is 0.336 e. The molecule has 0 saturated carbocycles. The Morgan fingerprint density at radius 3 is 2.07 bits per heavy atom. The Bertz CT molecular complexity index is 672. The predicted molar refractivity (Wildman–Crippen MR) is 121 cm³/mol. The quantitative estimate of drug-likeness (QED) is 0.196. The summed E-state index contributed by atoms with van der Waals surface area (Å²) in [7, 11) is 0. The minimum absolute atomic E-state index is 0.197. The lowest BCUT2D eigenvalue weighted by atomic mass is 10.1. The van der Waals surface area contributed by atoms with E-state index in [0.29, 0.717) is 12.1 Å². The van der Waals surface area contributed by atoms with Crippen LogP contribution >= 0.6 is 12.2 Å². The highest BCUT2D eigenvalue weighted by Gasteiger charge is 2.09. The molecule has 0 aliphatic heterocycles. The lowest BCUT2D eigenvalue weighted by Crippen LogP contribution is -2.27. The Morgan fingerprint density at radius 1 is 0.964 bits per heavy atom. The fraction of sp³-hybridized carbons (Fsp3) is 0.696. The number of carbonyl (C=O) groups excluding carboxylic acids is 1. The van der Waals surface area contributed by atoms with Crippen LogP contribution in [-0.2, 0) is 0 Å². The highest BCUT2D eigenvalue weighted by molar-refractivity contribution is 7.71. The molecule has 0 radical (unpaired) electrons. The molecular formula is C23H38N2O2S.